The number of aromatic nitrogens is 1. The monoisotopic (exact) mass is 293 g/mol. The number of nitrogens with zero attached hydrogens (tertiary/aromatic N) is 1. The van der Waals surface area contributed by atoms with Crippen molar-refractivity contribution in [1.82, 2.24) is 10.5 Å². The zero-order chi connectivity index (χ0) is 14.4. The van der Waals surface area contributed by atoms with E-state index in [9.17, 15) is 4.79 Å². The minimum absolute atomic E-state index is 0.0207. The predicted octanol–water partition coefficient (Wildman–Crippen LogP) is 2.75. The highest BCUT2D eigenvalue weighted by molar-refractivity contribution is 6.30. The van der Waals surface area contributed by atoms with Crippen molar-refractivity contribution in [3.63, 3.8) is 0 Å². The maximum absolute atomic E-state index is 11.7. The Balaban J connectivity index is 1.66. The van der Waals surface area contributed by atoms with Gasteiger partial charge in [-0.3, -0.25) is 4.79 Å². The fourth-order valence-electron chi connectivity index (χ4n) is 1.65. The van der Waals surface area contributed by atoms with Crippen LogP contribution in [0.1, 0.15) is 17.7 Å². The summed E-state index contributed by atoms with van der Waals surface area (Å²) in [4.78, 5) is 11.7. The average molecular weight is 294 g/mol. The topological polar surface area (TPSA) is 67.2 Å². The van der Waals surface area contributed by atoms with E-state index in [1.54, 1.807) is 18.2 Å². The van der Waals surface area contributed by atoms with Gasteiger partial charge in [0.05, 0.1) is 0 Å². The molecule has 6 heteroatoms. The van der Waals surface area contributed by atoms with E-state index in [2.05, 4.69) is 15.8 Å². The minimum atomic E-state index is -0.0207. The summed E-state index contributed by atoms with van der Waals surface area (Å²) in [5.41, 5.74) is 1.02. The smallest absolute Gasteiger partial charge is 0.222 e. The molecule has 1 heterocycles. The first-order valence-electron chi connectivity index (χ1n) is 6.32. The summed E-state index contributed by atoms with van der Waals surface area (Å²) < 4.78 is 4.91. The summed E-state index contributed by atoms with van der Waals surface area (Å²) in [7, 11) is 0. The van der Waals surface area contributed by atoms with Gasteiger partial charge in [-0.2, -0.15) is 0 Å². The maximum atomic E-state index is 11.7. The molecule has 20 heavy (non-hydrogen) atoms. The fraction of sp³-hybridized carbons (Fsp3) is 0.286. The molecule has 5 nitrogen and oxygen atoms in total. The van der Waals surface area contributed by atoms with Gasteiger partial charge in [-0.15, -0.1) is 0 Å². The second-order valence-electron chi connectivity index (χ2n) is 4.40. The molecular formula is C14H16ClN3O2. The van der Waals surface area contributed by atoms with E-state index in [0.29, 0.717) is 30.4 Å². The van der Waals surface area contributed by atoms with Crippen molar-refractivity contribution in [2.45, 2.75) is 19.9 Å². The number of nitrogens with one attached hydrogen (secondary N) is 2. The minimum Gasteiger partial charge on any atom is -0.367 e. The van der Waals surface area contributed by atoms with Gasteiger partial charge in [-0.1, -0.05) is 28.9 Å². The van der Waals surface area contributed by atoms with E-state index in [0.717, 1.165) is 11.3 Å². The maximum Gasteiger partial charge on any atom is 0.222 e. The van der Waals surface area contributed by atoms with Crippen LogP contribution in [-0.4, -0.2) is 17.6 Å². The molecule has 106 valence electrons. The Bertz CT molecular complexity index is 566. The lowest BCUT2D eigenvalue weighted by Gasteiger charge is -2.06. The molecule has 2 N–H and O–H groups in total. The van der Waals surface area contributed by atoms with Crippen molar-refractivity contribution < 1.29 is 9.32 Å². The van der Waals surface area contributed by atoms with Gasteiger partial charge < -0.3 is 15.2 Å². The van der Waals surface area contributed by atoms with Gasteiger partial charge in [0, 0.05) is 30.6 Å². The zero-order valence-electron chi connectivity index (χ0n) is 11.1. The van der Waals surface area contributed by atoms with Gasteiger partial charge in [0.15, 0.2) is 5.82 Å². The van der Waals surface area contributed by atoms with Crippen molar-refractivity contribution in [3.05, 3.63) is 46.7 Å². The molecule has 0 spiro atoms. The summed E-state index contributed by atoms with van der Waals surface area (Å²) in [6.07, 6.45) is 0.375. The average Bonchev–Trinajstić information content (AvgIpc) is 2.84. The van der Waals surface area contributed by atoms with E-state index in [1.165, 1.54) is 0 Å². The Hall–Kier alpha value is -2.01. The van der Waals surface area contributed by atoms with Gasteiger partial charge >= 0.3 is 0 Å². The molecule has 2 aromatic rings. The van der Waals surface area contributed by atoms with Crippen LogP contribution in [0.4, 0.5) is 5.82 Å². The number of amides is 1. The van der Waals surface area contributed by atoms with E-state index in [1.807, 2.05) is 19.1 Å². The summed E-state index contributed by atoms with van der Waals surface area (Å²) in [5, 5.41) is 10.3. The fourth-order valence-corrected chi connectivity index (χ4v) is 1.77. The quantitative estimate of drug-likeness (QED) is 0.859. The lowest BCUT2D eigenvalue weighted by atomic mass is 10.2. The zero-order valence-corrected chi connectivity index (χ0v) is 11.9. The van der Waals surface area contributed by atoms with E-state index in [4.69, 9.17) is 16.1 Å². The van der Waals surface area contributed by atoms with Crippen molar-refractivity contribution in [2.75, 3.05) is 11.9 Å². The van der Waals surface area contributed by atoms with Crippen LogP contribution in [0, 0.1) is 6.92 Å². The first-order chi connectivity index (χ1) is 9.63. The lowest BCUT2D eigenvalue weighted by molar-refractivity contribution is -0.121. The first kappa shape index (κ1) is 14.4. The molecule has 0 bridgehead atoms. The van der Waals surface area contributed by atoms with Crippen LogP contribution in [0.3, 0.4) is 0 Å². The van der Waals surface area contributed by atoms with Gasteiger partial charge in [0.25, 0.3) is 0 Å². The normalized spacial score (nSPS) is 10.3. The van der Waals surface area contributed by atoms with Crippen molar-refractivity contribution in [1.29, 1.82) is 0 Å². The molecule has 1 aromatic heterocycles. The van der Waals surface area contributed by atoms with Crippen LogP contribution in [0.15, 0.2) is 34.9 Å². The molecule has 2 rings (SSSR count). The Morgan fingerprint density at radius 2 is 2.10 bits per heavy atom. The Kier molecular flexibility index (Phi) is 5.01. The summed E-state index contributed by atoms with van der Waals surface area (Å²) in [6.45, 7) is 2.83. The number of carbonyl (C=O) groups excluding carboxylic acids is 1. The number of carbonyl (C=O) groups is 1. The molecule has 0 radical (unpaired) electrons. The second-order valence-corrected chi connectivity index (χ2v) is 4.84. The van der Waals surface area contributed by atoms with Crippen LogP contribution in [0.2, 0.25) is 5.02 Å². The summed E-state index contributed by atoms with van der Waals surface area (Å²) >= 11 is 5.79. The predicted molar refractivity (Wildman–Crippen MR) is 77.6 cm³/mol. The number of anilines is 1. The molecule has 0 aliphatic carbocycles. The van der Waals surface area contributed by atoms with Crippen molar-refractivity contribution >= 4 is 23.3 Å². The number of hydrogen-bond donors (Lipinski definition) is 2. The third-order valence-electron chi connectivity index (χ3n) is 2.69. The van der Waals surface area contributed by atoms with E-state index in [-0.39, 0.29) is 5.91 Å². The van der Waals surface area contributed by atoms with Gasteiger partial charge in [0.1, 0.15) is 5.76 Å². The summed E-state index contributed by atoms with van der Waals surface area (Å²) in [5.74, 6) is 1.36. The molecule has 0 aliphatic heterocycles. The number of halogens is 1. The second kappa shape index (κ2) is 6.96. The molecule has 0 saturated carbocycles. The highest BCUT2D eigenvalue weighted by Crippen LogP contribution is 2.09. The third kappa shape index (κ3) is 4.59. The van der Waals surface area contributed by atoms with Crippen LogP contribution in [0.5, 0.6) is 0 Å². The molecule has 0 atom stereocenters. The molecule has 0 saturated heterocycles. The SMILES string of the molecule is Cc1cc(NCCC(=O)NCc2ccc(Cl)cc2)no1. The number of rotatable bonds is 6. The standard InChI is InChI=1S/C14H16ClN3O2/c1-10-8-13(18-20-10)16-7-6-14(19)17-9-11-2-4-12(15)5-3-11/h2-5,8H,6-7,9H2,1H3,(H,16,18)(H,17,19). The van der Waals surface area contributed by atoms with E-state index < -0.39 is 0 Å². The van der Waals surface area contributed by atoms with Gasteiger partial charge in [0.2, 0.25) is 5.91 Å². The van der Waals surface area contributed by atoms with Crippen molar-refractivity contribution in [3.8, 4) is 0 Å². The number of hydrogen-bond acceptors (Lipinski definition) is 4. The van der Waals surface area contributed by atoms with Crippen LogP contribution in [0.25, 0.3) is 0 Å². The first-order valence-corrected chi connectivity index (χ1v) is 6.69. The number of benzene rings is 1. The van der Waals surface area contributed by atoms with Gasteiger partial charge in [-0.25, -0.2) is 0 Å². The van der Waals surface area contributed by atoms with Crippen molar-refractivity contribution in [2.24, 2.45) is 0 Å². The molecule has 1 aromatic carbocycles. The highest BCUT2D eigenvalue weighted by Gasteiger charge is 2.03. The number of aryl methyl sites for hydroxylation is 1. The Morgan fingerprint density at radius 3 is 2.75 bits per heavy atom. The van der Waals surface area contributed by atoms with Crippen LogP contribution >= 0.6 is 11.6 Å². The highest BCUT2D eigenvalue weighted by atomic mass is 35.5. The molecular weight excluding hydrogens is 278 g/mol. The molecule has 1 amide bonds. The van der Waals surface area contributed by atoms with Crippen LogP contribution in [-0.2, 0) is 11.3 Å². The van der Waals surface area contributed by atoms with Gasteiger partial charge in [-0.05, 0) is 24.6 Å². The molecule has 0 aliphatic rings. The third-order valence-corrected chi connectivity index (χ3v) is 2.94. The molecule has 0 fully saturated rings. The largest absolute Gasteiger partial charge is 0.367 e. The van der Waals surface area contributed by atoms with Crippen LogP contribution < -0.4 is 10.6 Å². The summed E-state index contributed by atoms with van der Waals surface area (Å²) in [6, 6.07) is 9.17. The Morgan fingerprint density at radius 1 is 1.35 bits per heavy atom. The Labute approximate surface area is 122 Å². The lowest BCUT2D eigenvalue weighted by Crippen LogP contribution is -2.24. The molecule has 0 unspecified atom stereocenters. The van der Waals surface area contributed by atoms with E-state index >= 15 is 0 Å².